The van der Waals surface area contributed by atoms with Crippen LogP contribution in [0, 0.1) is 0 Å². The first-order valence-electron chi connectivity index (χ1n) is 10.5. The normalized spacial score (nSPS) is 11.9. The average molecular weight is 395 g/mol. The lowest BCUT2D eigenvalue weighted by Gasteiger charge is -2.07. The number of hydrogen-bond donors (Lipinski definition) is 0. The molecule has 2 heterocycles. The van der Waals surface area contributed by atoms with E-state index >= 15 is 0 Å². The van der Waals surface area contributed by atoms with E-state index in [2.05, 4.69) is 78.9 Å². The van der Waals surface area contributed by atoms with Gasteiger partial charge in [-0.15, -0.1) is 0 Å². The molecule has 144 valence electrons. The Hall–Kier alpha value is -4.24. The van der Waals surface area contributed by atoms with Crippen LogP contribution < -0.4 is 0 Å². The third-order valence-electron chi connectivity index (χ3n) is 6.16. The largest absolute Gasteiger partial charge is 0.228 e. The van der Waals surface area contributed by atoms with Gasteiger partial charge in [-0.05, 0) is 34.9 Å². The molecule has 7 rings (SSSR count). The van der Waals surface area contributed by atoms with Crippen LogP contribution in [0.5, 0.6) is 0 Å². The monoisotopic (exact) mass is 395 g/mol. The Bertz CT molecular complexity index is 1610. The van der Waals surface area contributed by atoms with Crippen LogP contribution in [0.2, 0.25) is 0 Å². The fraction of sp³-hybridized carbons (Fsp3) is 0. The SMILES string of the molecule is c1ccc(-c2nn(-c3ccccc3)c3nc4cccc5c4c(c23)-c2ccccc2-5)cc1. The molecular weight excluding hydrogens is 378 g/mol. The molecule has 2 aromatic heterocycles. The highest BCUT2D eigenvalue weighted by Crippen LogP contribution is 2.51. The summed E-state index contributed by atoms with van der Waals surface area (Å²) in [6, 6.07) is 35.8. The fourth-order valence-corrected chi connectivity index (χ4v) is 4.85. The van der Waals surface area contributed by atoms with Crippen molar-refractivity contribution in [3.05, 3.63) is 103 Å². The number of benzene rings is 4. The van der Waals surface area contributed by atoms with E-state index in [0.29, 0.717) is 0 Å². The zero-order valence-corrected chi connectivity index (χ0v) is 16.7. The van der Waals surface area contributed by atoms with Crippen LogP contribution in [-0.2, 0) is 0 Å². The number of rotatable bonds is 2. The zero-order chi connectivity index (χ0) is 20.4. The summed E-state index contributed by atoms with van der Waals surface area (Å²) in [7, 11) is 0. The van der Waals surface area contributed by atoms with Crippen LogP contribution in [-0.4, -0.2) is 14.8 Å². The Morgan fingerprint density at radius 3 is 2.03 bits per heavy atom. The van der Waals surface area contributed by atoms with E-state index in [1.807, 2.05) is 28.9 Å². The van der Waals surface area contributed by atoms with Crippen molar-refractivity contribution in [1.82, 2.24) is 14.8 Å². The maximum absolute atomic E-state index is 5.15. The molecule has 1 aliphatic rings. The van der Waals surface area contributed by atoms with Gasteiger partial charge in [-0.2, -0.15) is 5.10 Å². The van der Waals surface area contributed by atoms with Crippen molar-refractivity contribution >= 4 is 21.9 Å². The molecular formula is C28H17N3. The van der Waals surface area contributed by atoms with Gasteiger partial charge in [0.05, 0.1) is 16.6 Å². The maximum Gasteiger partial charge on any atom is 0.164 e. The molecule has 0 spiro atoms. The molecule has 0 radical (unpaired) electrons. The molecule has 0 fully saturated rings. The van der Waals surface area contributed by atoms with Crippen molar-refractivity contribution in [3.8, 4) is 39.2 Å². The number of pyridine rings is 1. The quantitative estimate of drug-likeness (QED) is 0.319. The van der Waals surface area contributed by atoms with Gasteiger partial charge in [-0.25, -0.2) is 9.67 Å². The van der Waals surface area contributed by atoms with Crippen molar-refractivity contribution in [2.24, 2.45) is 0 Å². The highest BCUT2D eigenvalue weighted by atomic mass is 15.3. The van der Waals surface area contributed by atoms with E-state index < -0.39 is 0 Å². The van der Waals surface area contributed by atoms with Gasteiger partial charge in [-0.3, -0.25) is 0 Å². The van der Waals surface area contributed by atoms with E-state index in [9.17, 15) is 0 Å². The van der Waals surface area contributed by atoms with Gasteiger partial charge < -0.3 is 0 Å². The molecule has 0 saturated carbocycles. The molecule has 0 amide bonds. The molecule has 3 nitrogen and oxygen atoms in total. The van der Waals surface area contributed by atoms with E-state index in [1.54, 1.807) is 0 Å². The minimum absolute atomic E-state index is 0.890. The third-order valence-corrected chi connectivity index (χ3v) is 6.16. The molecule has 0 N–H and O–H groups in total. The fourth-order valence-electron chi connectivity index (χ4n) is 4.85. The Morgan fingerprint density at radius 1 is 0.548 bits per heavy atom. The molecule has 0 saturated heterocycles. The molecule has 0 aliphatic heterocycles. The van der Waals surface area contributed by atoms with Gasteiger partial charge >= 0.3 is 0 Å². The van der Waals surface area contributed by atoms with Crippen LogP contribution in [0.1, 0.15) is 0 Å². The van der Waals surface area contributed by atoms with E-state index in [1.165, 1.54) is 27.6 Å². The van der Waals surface area contributed by atoms with Gasteiger partial charge in [0.15, 0.2) is 5.65 Å². The van der Waals surface area contributed by atoms with Gasteiger partial charge in [0.25, 0.3) is 0 Å². The molecule has 31 heavy (non-hydrogen) atoms. The van der Waals surface area contributed by atoms with Crippen molar-refractivity contribution in [2.45, 2.75) is 0 Å². The molecule has 0 atom stereocenters. The lowest BCUT2D eigenvalue weighted by atomic mass is 9.99. The highest BCUT2D eigenvalue weighted by molar-refractivity contribution is 6.23. The van der Waals surface area contributed by atoms with E-state index in [-0.39, 0.29) is 0 Å². The van der Waals surface area contributed by atoms with Gasteiger partial charge in [0.2, 0.25) is 0 Å². The summed E-state index contributed by atoms with van der Waals surface area (Å²) in [6.45, 7) is 0. The first-order valence-corrected chi connectivity index (χ1v) is 10.5. The second kappa shape index (κ2) is 6.13. The van der Waals surface area contributed by atoms with Gasteiger partial charge in [0.1, 0.15) is 5.69 Å². The first kappa shape index (κ1) is 16.5. The molecule has 0 bridgehead atoms. The number of fused-ring (bicyclic) bond motifs is 5. The standard InChI is InChI=1S/C28H17N3/c1-3-10-18(11-4-1)27-26-25-22-15-8-7-14-20(22)21-16-9-17-23(24(21)25)29-28(26)31(30-27)19-12-5-2-6-13-19/h1-17H. The number of para-hydroxylation sites is 1. The van der Waals surface area contributed by atoms with Crippen molar-refractivity contribution in [3.63, 3.8) is 0 Å². The Balaban J connectivity index is 1.72. The van der Waals surface area contributed by atoms with E-state index in [4.69, 9.17) is 10.1 Å². The molecule has 4 aromatic carbocycles. The van der Waals surface area contributed by atoms with Gasteiger partial charge in [-0.1, -0.05) is 84.9 Å². The summed E-state index contributed by atoms with van der Waals surface area (Å²) < 4.78 is 1.99. The number of aromatic nitrogens is 3. The van der Waals surface area contributed by atoms with Crippen LogP contribution in [0.3, 0.4) is 0 Å². The molecule has 3 heteroatoms. The number of hydrogen-bond acceptors (Lipinski definition) is 2. The van der Waals surface area contributed by atoms with Crippen molar-refractivity contribution < 1.29 is 0 Å². The Labute approximate surface area is 179 Å². The van der Waals surface area contributed by atoms with Gasteiger partial charge in [0, 0.05) is 16.5 Å². The van der Waals surface area contributed by atoms with Crippen LogP contribution in [0.15, 0.2) is 103 Å². The summed E-state index contributed by atoms with van der Waals surface area (Å²) in [5.74, 6) is 0. The smallest absolute Gasteiger partial charge is 0.164 e. The molecule has 6 aromatic rings. The highest BCUT2D eigenvalue weighted by Gasteiger charge is 2.28. The van der Waals surface area contributed by atoms with E-state index in [0.717, 1.165) is 33.5 Å². The van der Waals surface area contributed by atoms with Crippen LogP contribution in [0.4, 0.5) is 0 Å². The summed E-state index contributed by atoms with van der Waals surface area (Å²) >= 11 is 0. The zero-order valence-electron chi connectivity index (χ0n) is 16.7. The second-order valence-corrected chi connectivity index (χ2v) is 7.89. The predicted octanol–water partition coefficient (Wildman–Crippen LogP) is 6.89. The van der Waals surface area contributed by atoms with Crippen LogP contribution >= 0.6 is 0 Å². The average Bonchev–Trinajstić information content (AvgIpc) is 3.38. The Kier molecular flexibility index (Phi) is 3.27. The minimum Gasteiger partial charge on any atom is -0.228 e. The first-order chi connectivity index (χ1) is 15.4. The second-order valence-electron chi connectivity index (χ2n) is 7.89. The van der Waals surface area contributed by atoms with Crippen molar-refractivity contribution in [1.29, 1.82) is 0 Å². The Morgan fingerprint density at radius 2 is 1.23 bits per heavy atom. The summed E-state index contributed by atoms with van der Waals surface area (Å²) in [6.07, 6.45) is 0. The summed E-state index contributed by atoms with van der Waals surface area (Å²) in [4.78, 5) is 5.15. The molecule has 0 unspecified atom stereocenters. The topological polar surface area (TPSA) is 30.7 Å². The summed E-state index contributed by atoms with van der Waals surface area (Å²) in [5, 5.41) is 7.45. The van der Waals surface area contributed by atoms with Crippen LogP contribution in [0.25, 0.3) is 61.1 Å². The molecule has 1 aliphatic carbocycles. The lowest BCUT2D eigenvalue weighted by molar-refractivity contribution is 0.903. The lowest BCUT2D eigenvalue weighted by Crippen LogP contribution is -1.97. The van der Waals surface area contributed by atoms with Crippen molar-refractivity contribution in [2.75, 3.05) is 0 Å². The third kappa shape index (κ3) is 2.23. The number of nitrogens with zero attached hydrogens (tertiary/aromatic N) is 3. The minimum atomic E-state index is 0.890. The predicted molar refractivity (Wildman–Crippen MR) is 126 cm³/mol. The summed E-state index contributed by atoms with van der Waals surface area (Å²) in [5.41, 5.74) is 9.99. The maximum atomic E-state index is 5.15.